The number of aryl methyl sites for hydroxylation is 2. The number of hydrogen-bond acceptors (Lipinski definition) is 2. The molecule has 0 heterocycles. The minimum atomic E-state index is -3.94. The van der Waals surface area contributed by atoms with Gasteiger partial charge in [-0.05, 0) is 43.0 Å². The average Bonchev–Trinajstić information content (AvgIpc) is 2.04. The standard InChI is InChI=1S/C10H14O3S/c1-7-4-5-8(2)10(9(7)3)6-14(11,12)13/h4-5H,6H2,1-3H3,(H,11,12,13). The summed E-state index contributed by atoms with van der Waals surface area (Å²) in [6, 6.07) is 3.81. The summed E-state index contributed by atoms with van der Waals surface area (Å²) in [5.74, 6) is -0.299. The van der Waals surface area contributed by atoms with E-state index in [4.69, 9.17) is 4.55 Å². The van der Waals surface area contributed by atoms with E-state index in [1.54, 1.807) is 0 Å². The van der Waals surface area contributed by atoms with Gasteiger partial charge in [0.15, 0.2) is 0 Å². The van der Waals surface area contributed by atoms with Crippen molar-refractivity contribution in [3.63, 3.8) is 0 Å². The van der Waals surface area contributed by atoms with E-state index in [9.17, 15) is 8.42 Å². The van der Waals surface area contributed by atoms with Gasteiger partial charge in [-0.25, -0.2) is 0 Å². The first-order chi connectivity index (χ1) is 6.31. The third-order valence-electron chi connectivity index (χ3n) is 2.43. The fourth-order valence-corrected chi connectivity index (χ4v) is 2.22. The fourth-order valence-electron chi connectivity index (χ4n) is 1.41. The van der Waals surface area contributed by atoms with Crippen LogP contribution in [0.3, 0.4) is 0 Å². The number of rotatable bonds is 2. The molecule has 3 nitrogen and oxygen atoms in total. The van der Waals surface area contributed by atoms with Gasteiger partial charge in [-0.1, -0.05) is 12.1 Å². The van der Waals surface area contributed by atoms with Crippen molar-refractivity contribution in [3.8, 4) is 0 Å². The summed E-state index contributed by atoms with van der Waals surface area (Å²) in [4.78, 5) is 0. The van der Waals surface area contributed by atoms with Crippen LogP contribution in [0.5, 0.6) is 0 Å². The van der Waals surface area contributed by atoms with Crippen molar-refractivity contribution in [2.24, 2.45) is 0 Å². The lowest BCUT2D eigenvalue weighted by Gasteiger charge is -2.10. The van der Waals surface area contributed by atoms with Crippen LogP contribution in [0.1, 0.15) is 22.3 Å². The zero-order valence-corrected chi connectivity index (χ0v) is 9.35. The highest BCUT2D eigenvalue weighted by Gasteiger charge is 2.12. The molecule has 0 saturated heterocycles. The molecule has 1 aromatic rings. The minimum absolute atomic E-state index is 0.299. The van der Waals surface area contributed by atoms with Gasteiger partial charge in [0.2, 0.25) is 0 Å². The van der Waals surface area contributed by atoms with Crippen molar-refractivity contribution >= 4 is 10.1 Å². The van der Waals surface area contributed by atoms with Crippen molar-refractivity contribution in [3.05, 3.63) is 34.4 Å². The van der Waals surface area contributed by atoms with E-state index in [2.05, 4.69) is 0 Å². The Balaban J connectivity index is 3.27. The van der Waals surface area contributed by atoms with Gasteiger partial charge in [-0.15, -0.1) is 0 Å². The van der Waals surface area contributed by atoms with E-state index in [1.165, 1.54) is 0 Å². The summed E-state index contributed by atoms with van der Waals surface area (Å²) in [6.07, 6.45) is 0. The van der Waals surface area contributed by atoms with Crippen LogP contribution in [0.4, 0.5) is 0 Å². The van der Waals surface area contributed by atoms with Crippen LogP contribution in [0.15, 0.2) is 12.1 Å². The third kappa shape index (κ3) is 2.56. The van der Waals surface area contributed by atoms with E-state index in [0.717, 1.165) is 16.7 Å². The molecule has 0 fully saturated rings. The molecule has 0 unspecified atom stereocenters. The van der Waals surface area contributed by atoms with E-state index in [-0.39, 0.29) is 5.75 Å². The van der Waals surface area contributed by atoms with Crippen molar-refractivity contribution in [2.75, 3.05) is 0 Å². The molecule has 0 bridgehead atoms. The summed E-state index contributed by atoms with van der Waals surface area (Å²) in [7, 11) is -3.94. The molecular weight excluding hydrogens is 200 g/mol. The topological polar surface area (TPSA) is 54.4 Å². The Bertz CT molecular complexity index is 447. The molecule has 14 heavy (non-hydrogen) atoms. The van der Waals surface area contributed by atoms with Crippen LogP contribution in [0.2, 0.25) is 0 Å². The highest BCUT2D eigenvalue weighted by Crippen LogP contribution is 2.19. The van der Waals surface area contributed by atoms with Gasteiger partial charge >= 0.3 is 0 Å². The van der Waals surface area contributed by atoms with Gasteiger partial charge in [-0.3, -0.25) is 4.55 Å². The van der Waals surface area contributed by atoms with Crippen LogP contribution in [-0.4, -0.2) is 13.0 Å². The van der Waals surface area contributed by atoms with Crippen molar-refractivity contribution in [1.82, 2.24) is 0 Å². The summed E-state index contributed by atoms with van der Waals surface area (Å²) < 4.78 is 30.3. The SMILES string of the molecule is Cc1ccc(C)c(CS(=O)(=O)O)c1C. The highest BCUT2D eigenvalue weighted by atomic mass is 32.2. The Morgan fingerprint density at radius 2 is 1.64 bits per heavy atom. The quantitative estimate of drug-likeness (QED) is 0.766. The zero-order chi connectivity index (χ0) is 10.9. The first kappa shape index (κ1) is 11.2. The second-order valence-corrected chi connectivity index (χ2v) is 4.98. The van der Waals surface area contributed by atoms with E-state index in [0.29, 0.717) is 5.56 Å². The molecule has 0 radical (unpaired) electrons. The van der Waals surface area contributed by atoms with Crippen molar-refractivity contribution in [1.29, 1.82) is 0 Å². The molecule has 0 aromatic heterocycles. The van der Waals surface area contributed by atoms with Gasteiger partial charge < -0.3 is 0 Å². The monoisotopic (exact) mass is 214 g/mol. The van der Waals surface area contributed by atoms with Gasteiger partial charge in [0.1, 0.15) is 5.75 Å². The first-order valence-electron chi connectivity index (χ1n) is 4.32. The molecular formula is C10H14O3S. The Hall–Kier alpha value is -0.870. The number of hydrogen-bond donors (Lipinski definition) is 1. The maximum atomic E-state index is 10.8. The minimum Gasteiger partial charge on any atom is -0.285 e. The predicted molar refractivity (Wildman–Crippen MR) is 55.9 cm³/mol. The van der Waals surface area contributed by atoms with Crippen LogP contribution >= 0.6 is 0 Å². The van der Waals surface area contributed by atoms with Crippen molar-refractivity contribution in [2.45, 2.75) is 26.5 Å². The lowest BCUT2D eigenvalue weighted by molar-refractivity contribution is 0.482. The maximum Gasteiger partial charge on any atom is 0.269 e. The normalized spacial score (nSPS) is 11.7. The van der Waals surface area contributed by atoms with Gasteiger partial charge in [-0.2, -0.15) is 8.42 Å². The summed E-state index contributed by atoms with van der Waals surface area (Å²) in [5, 5.41) is 0. The second kappa shape index (κ2) is 3.71. The summed E-state index contributed by atoms with van der Waals surface area (Å²) in [5.41, 5.74) is 3.56. The average molecular weight is 214 g/mol. The van der Waals surface area contributed by atoms with E-state index >= 15 is 0 Å². The first-order valence-corrected chi connectivity index (χ1v) is 5.93. The van der Waals surface area contributed by atoms with E-state index in [1.807, 2.05) is 32.9 Å². The van der Waals surface area contributed by atoms with Gasteiger partial charge in [0.05, 0.1) is 0 Å². The highest BCUT2D eigenvalue weighted by molar-refractivity contribution is 7.85. The Labute approximate surface area is 84.5 Å². The molecule has 1 aromatic carbocycles. The summed E-state index contributed by atoms with van der Waals surface area (Å²) >= 11 is 0. The fraction of sp³-hybridized carbons (Fsp3) is 0.400. The molecule has 0 aliphatic heterocycles. The Morgan fingerprint density at radius 1 is 1.14 bits per heavy atom. The maximum absolute atomic E-state index is 10.8. The largest absolute Gasteiger partial charge is 0.285 e. The van der Waals surface area contributed by atoms with Gasteiger partial charge in [0, 0.05) is 0 Å². The van der Waals surface area contributed by atoms with Gasteiger partial charge in [0.25, 0.3) is 10.1 Å². The smallest absolute Gasteiger partial charge is 0.269 e. The molecule has 0 aliphatic rings. The third-order valence-corrected chi connectivity index (χ3v) is 3.08. The van der Waals surface area contributed by atoms with Crippen LogP contribution < -0.4 is 0 Å². The Kier molecular flexibility index (Phi) is 2.97. The second-order valence-electron chi connectivity index (χ2n) is 3.53. The number of benzene rings is 1. The molecule has 0 atom stereocenters. The zero-order valence-electron chi connectivity index (χ0n) is 8.53. The summed E-state index contributed by atoms with van der Waals surface area (Å²) in [6.45, 7) is 5.62. The van der Waals surface area contributed by atoms with Crippen molar-refractivity contribution < 1.29 is 13.0 Å². The molecule has 0 aliphatic carbocycles. The predicted octanol–water partition coefficient (Wildman–Crippen LogP) is 2.00. The van der Waals surface area contributed by atoms with Crippen LogP contribution in [0, 0.1) is 20.8 Å². The molecule has 78 valence electrons. The van der Waals surface area contributed by atoms with Crippen LogP contribution in [0.25, 0.3) is 0 Å². The molecule has 1 N–H and O–H groups in total. The molecule has 0 saturated carbocycles. The molecule has 4 heteroatoms. The lowest BCUT2D eigenvalue weighted by Crippen LogP contribution is -2.06. The lowest BCUT2D eigenvalue weighted by atomic mass is 10.00. The van der Waals surface area contributed by atoms with Crippen LogP contribution in [-0.2, 0) is 15.9 Å². The molecule has 1 rings (SSSR count). The molecule has 0 amide bonds. The molecule has 0 spiro atoms. The van der Waals surface area contributed by atoms with E-state index < -0.39 is 10.1 Å². The Morgan fingerprint density at radius 3 is 2.14 bits per heavy atom.